The van der Waals surface area contributed by atoms with Crippen molar-refractivity contribution in [2.24, 2.45) is 0 Å². The Morgan fingerprint density at radius 3 is 2.47 bits per heavy atom. The van der Waals surface area contributed by atoms with E-state index in [4.69, 9.17) is 0 Å². The number of pyridine rings is 1. The molecule has 1 unspecified atom stereocenters. The first kappa shape index (κ1) is 21.5. The molecular formula is C24H22F2N4O2. The van der Waals surface area contributed by atoms with Gasteiger partial charge in [-0.05, 0) is 36.3 Å². The van der Waals surface area contributed by atoms with Crippen LogP contribution in [0.5, 0.6) is 0 Å². The van der Waals surface area contributed by atoms with Gasteiger partial charge >= 0.3 is 0 Å². The average molecular weight is 436 g/mol. The quantitative estimate of drug-likeness (QED) is 0.644. The molecule has 3 aromatic rings. The van der Waals surface area contributed by atoms with Crippen LogP contribution in [0.1, 0.15) is 16.7 Å². The van der Waals surface area contributed by atoms with Crippen molar-refractivity contribution in [3.8, 4) is 0 Å². The molecule has 0 bridgehead atoms. The zero-order valence-corrected chi connectivity index (χ0v) is 17.6. The van der Waals surface area contributed by atoms with E-state index in [9.17, 15) is 18.4 Å². The molecule has 6 nitrogen and oxygen atoms in total. The summed E-state index contributed by atoms with van der Waals surface area (Å²) in [6, 6.07) is 13.7. The second kappa shape index (κ2) is 8.76. The van der Waals surface area contributed by atoms with Crippen LogP contribution in [-0.4, -0.2) is 28.6 Å². The van der Waals surface area contributed by atoms with Gasteiger partial charge in [-0.25, -0.2) is 14.2 Å². The molecule has 1 amide bonds. The molecule has 1 aromatic heterocycles. The maximum atomic E-state index is 13.9. The molecule has 1 aliphatic rings. The van der Waals surface area contributed by atoms with Crippen molar-refractivity contribution in [3.63, 3.8) is 0 Å². The maximum Gasteiger partial charge on any atom is 0.251 e. The third-order valence-corrected chi connectivity index (χ3v) is 5.32. The van der Waals surface area contributed by atoms with E-state index >= 15 is 0 Å². The van der Waals surface area contributed by atoms with Gasteiger partial charge in [0.15, 0.2) is 0 Å². The van der Waals surface area contributed by atoms with Crippen LogP contribution in [0.3, 0.4) is 0 Å². The first-order chi connectivity index (χ1) is 15.3. The Morgan fingerprint density at radius 2 is 1.78 bits per heavy atom. The van der Waals surface area contributed by atoms with Gasteiger partial charge in [0.25, 0.3) is 5.56 Å². The van der Waals surface area contributed by atoms with Crippen LogP contribution >= 0.6 is 0 Å². The molecular weight excluding hydrogens is 414 g/mol. The molecule has 0 aliphatic carbocycles. The van der Waals surface area contributed by atoms with Gasteiger partial charge in [0.2, 0.25) is 5.91 Å². The first-order valence-corrected chi connectivity index (χ1v) is 10.1. The Hall–Kier alpha value is -3.78. The summed E-state index contributed by atoms with van der Waals surface area (Å²) < 4.78 is 29.4. The number of aromatic nitrogens is 1. The number of rotatable bonds is 5. The summed E-state index contributed by atoms with van der Waals surface area (Å²) in [6.45, 7) is 2.23. The Morgan fingerprint density at radius 1 is 1.09 bits per heavy atom. The van der Waals surface area contributed by atoms with Gasteiger partial charge in [-0.15, -0.1) is 0 Å². The van der Waals surface area contributed by atoms with E-state index in [-0.39, 0.29) is 5.56 Å². The van der Waals surface area contributed by atoms with Crippen LogP contribution in [0.25, 0.3) is 5.70 Å². The number of anilines is 1. The molecule has 0 radical (unpaired) electrons. The summed E-state index contributed by atoms with van der Waals surface area (Å²) >= 11 is 0. The first-order valence-electron chi connectivity index (χ1n) is 10.1. The largest absolute Gasteiger partial charge is 0.319 e. The van der Waals surface area contributed by atoms with E-state index in [0.29, 0.717) is 12.2 Å². The number of aryl methyl sites for hydroxylation is 1. The molecule has 8 heteroatoms. The number of carbonyl (C=O) groups is 1. The minimum absolute atomic E-state index is 0.131. The Balaban J connectivity index is 1.62. The van der Waals surface area contributed by atoms with E-state index in [1.807, 2.05) is 37.3 Å². The highest BCUT2D eigenvalue weighted by Gasteiger charge is 2.28. The van der Waals surface area contributed by atoms with Gasteiger partial charge in [-0.3, -0.25) is 9.59 Å². The smallest absolute Gasteiger partial charge is 0.251 e. The fourth-order valence-corrected chi connectivity index (χ4v) is 3.65. The highest BCUT2D eigenvalue weighted by molar-refractivity contribution is 5.98. The Bertz CT molecular complexity index is 1230. The lowest BCUT2D eigenvalue weighted by Crippen LogP contribution is -2.41. The number of nitrogens with one attached hydrogen (secondary N) is 2. The van der Waals surface area contributed by atoms with Crippen molar-refractivity contribution < 1.29 is 13.6 Å². The number of hydrogen-bond acceptors (Lipinski definition) is 4. The van der Waals surface area contributed by atoms with Crippen LogP contribution in [-0.2, 0) is 11.3 Å². The molecule has 2 aromatic carbocycles. The summed E-state index contributed by atoms with van der Waals surface area (Å²) in [5.74, 6) is -2.30. The van der Waals surface area contributed by atoms with Crippen molar-refractivity contribution >= 4 is 17.3 Å². The van der Waals surface area contributed by atoms with E-state index in [2.05, 4.69) is 10.7 Å². The second-order valence-electron chi connectivity index (χ2n) is 7.63. The summed E-state index contributed by atoms with van der Waals surface area (Å²) in [5.41, 5.74) is 5.53. The van der Waals surface area contributed by atoms with Gasteiger partial charge in [0.1, 0.15) is 23.4 Å². The lowest BCUT2D eigenvalue weighted by molar-refractivity contribution is -0.117. The minimum atomic E-state index is -0.849. The van der Waals surface area contributed by atoms with Gasteiger partial charge < -0.3 is 14.9 Å². The number of nitrogens with zero attached hydrogens (tertiary/aromatic N) is 2. The molecule has 0 spiro atoms. The standard InChI is InChI=1S/C24H22F2N4O2/c1-15-11-22(31)30(13-16-7-4-3-5-8-16)14-17(15)21-12-20(28-29(21)2)24(32)27-23-18(25)9-6-10-19(23)26/h3-12,14,20,28H,13H2,1-2H3,(H,27,32). The molecule has 0 fully saturated rings. The topological polar surface area (TPSA) is 66.4 Å². The Labute approximate surface area is 183 Å². The van der Waals surface area contributed by atoms with Crippen LogP contribution < -0.4 is 16.3 Å². The highest BCUT2D eigenvalue weighted by Crippen LogP contribution is 2.25. The van der Waals surface area contributed by atoms with E-state index < -0.39 is 29.3 Å². The van der Waals surface area contributed by atoms with Crippen LogP contribution in [0.4, 0.5) is 14.5 Å². The molecule has 1 atom stereocenters. The normalized spacial score (nSPS) is 15.6. The number of hydrazine groups is 1. The molecule has 0 saturated carbocycles. The van der Waals surface area contributed by atoms with Crippen LogP contribution in [0.15, 0.2) is 71.7 Å². The monoisotopic (exact) mass is 436 g/mol. The van der Waals surface area contributed by atoms with Crippen molar-refractivity contribution in [2.75, 3.05) is 12.4 Å². The van der Waals surface area contributed by atoms with Gasteiger partial charge in [0, 0.05) is 24.9 Å². The predicted octanol–water partition coefficient (Wildman–Crippen LogP) is 3.28. The second-order valence-corrected chi connectivity index (χ2v) is 7.63. The maximum absolute atomic E-state index is 13.9. The predicted molar refractivity (Wildman–Crippen MR) is 119 cm³/mol. The number of para-hydroxylation sites is 1. The van der Waals surface area contributed by atoms with Gasteiger partial charge in [-0.2, -0.15) is 0 Å². The van der Waals surface area contributed by atoms with E-state index in [1.54, 1.807) is 35.0 Å². The van der Waals surface area contributed by atoms with Gasteiger partial charge in [-0.1, -0.05) is 36.4 Å². The summed E-state index contributed by atoms with van der Waals surface area (Å²) in [5, 5.41) is 3.96. The summed E-state index contributed by atoms with van der Waals surface area (Å²) in [6.07, 6.45) is 3.42. The molecule has 32 heavy (non-hydrogen) atoms. The van der Waals surface area contributed by atoms with Crippen molar-refractivity contribution in [3.05, 3.63) is 106 Å². The lowest BCUT2D eigenvalue weighted by Gasteiger charge is -2.20. The minimum Gasteiger partial charge on any atom is -0.319 e. The van der Waals surface area contributed by atoms with Gasteiger partial charge in [0.05, 0.1) is 12.2 Å². The summed E-state index contributed by atoms with van der Waals surface area (Å²) in [4.78, 5) is 25.2. The SMILES string of the molecule is Cc1cc(=O)n(Cc2ccccc2)cc1C1=CC(C(=O)Nc2c(F)cccc2F)NN1C. The molecule has 2 heterocycles. The zero-order valence-electron chi connectivity index (χ0n) is 17.6. The molecule has 1 aliphatic heterocycles. The molecule has 0 saturated heterocycles. The number of benzene rings is 2. The van der Waals surface area contributed by atoms with E-state index in [0.717, 1.165) is 28.8 Å². The number of hydrogen-bond donors (Lipinski definition) is 2. The zero-order chi connectivity index (χ0) is 22.8. The lowest BCUT2D eigenvalue weighted by atomic mass is 10.1. The van der Waals surface area contributed by atoms with Crippen LogP contribution in [0.2, 0.25) is 0 Å². The molecule has 4 rings (SSSR count). The highest BCUT2D eigenvalue weighted by atomic mass is 19.1. The fraction of sp³-hybridized carbons (Fsp3) is 0.167. The van der Waals surface area contributed by atoms with Crippen molar-refractivity contribution in [1.29, 1.82) is 0 Å². The Kier molecular flexibility index (Phi) is 5.87. The molecule has 2 N–H and O–H groups in total. The number of carbonyl (C=O) groups excluding carboxylic acids is 1. The third-order valence-electron chi connectivity index (χ3n) is 5.32. The van der Waals surface area contributed by atoms with Crippen LogP contribution in [0, 0.1) is 18.6 Å². The molecule has 164 valence electrons. The van der Waals surface area contributed by atoms with Crippen molar-refractivity contribution in [2.45, 2.75) is 19.5 Å². The third kappa shape index (κ3) is 4.31. The number of amides is 1. The number of halogens is 2. The van der Waals surface area contributed by atoms with Crippen molar-refractivity contribution in [1.82, 2.24) is 15.0 Å². The average Bonchev–Trinajstić information content (AvgIpc) is 3.15. The fourth-order valence-electron chi connectivity index (χ4n) is 3.65. The summed E-state index contributed by atoms with van der Waals surface area (Å²) in [7, 11) is 1.73. The van der Waals surface area contributed by atoms with E-state index in [1.165, 1.54) is 6.07 Å².